The van der Waals surface area contributed by atoms with Gasteiger partial charge in [-0.3, -0.25) is 0 Å². The number of methoxy groups -OCH3 is 1. The summed E-state index contributed by atoms with van der Waals surface area (Å²) in [6.45, 7) is 2.31. The number of amides is 2. The molecule has 0 heterocycles. The van der Waals surface area contributed by atoms with E-state index in [0.29, 0.717) is 12.1 Å². The third-order valence-electron chi connectivity index (χ3n) is 3.48. The van der Waals surface area contributed by atoms with E-state index in [2.05, 4.69) is 15.4 Å². The molecule has 0 aliphatic heterocycles. The Labute approximate surface area is 135 Å². The molecule has 0 fully saturated rings. The number of esters is 1. The van der Waals surface area contributed by atoms with E-state index in [-0.39, 0.29) is 18.0 Å². The highest BCUT2D eigenvalue weighted by Gasteiger charge is 2.09. The van der Waals surface area contributed by atoms with Gasteiger partial charge in [0.25, 0.3) is 0 Å². The maximum atomic E-state index is 11.9. The lowest BCUT2D eigenvalue weighted by Crippen LogP contribution is -2.36. The molecule has 0 saturated carbocycles. The molecule has 5 heteroatoms. The van der Waals surface area contributed by atoms with Gasteiger partial charge < -0.3 is 15.4 Å². The van der Waals surface area contributed by atoms with Gasteiger partial charge in [0, 0.05) is 6.54 Å². The fraction of sp³-hybridized carbons (Fsp3) is 0.222. The first-order chi connectivity index (χ1) is 11.1. The van der Waals surface area contributed by atoms with E-state index in [1.165, 1.54) is 7.11 Å². The molecule has 1 atom stereocenters. The highest BCUT2D eigenvalue weighted by molar-refractivity contribution is 5.89. The monoisotopic (exact) mass is 312 g/mol. The van der Waals surface area contributed by atoms with E-state index in [1.807, 2.05) is 37.3 Å². The Kier molecular flexibility index (Phi) is 5.74. The van der Waals surface area contributed by atoms with Gasteiger partial charge in [-0.1, -0.05) is 42.5 Å². The number of carbonyl (C=O) groups excluding carboxylic acids is 2. The van der Waals surface area contributed by atoms with Gasteiger partial charge in [-0.15, -0.1) is 0 Å². The summed E-state index contributed by atoms with van der Waals surface area (Å²) in [5.74, 6) is -0.376. The molecule has 2 aromatic rings. The first-order valence-corrected chi connectivity index (χ1v) is 7.36. The molecule has 0 aliphatic rings. The Hall–Kier alpha value is -2.82. The van der Waals surface area contributed by atoms with Crippen molar-refractivity contribution in [3.63, 3.8) is 0 Å². The lowest BCUT2D eigenvalue weighted by atomic mass is 10.1. The number of ether oxygens (including phenoxy) is 1. The minimum atomic E-state index is -0.376. The maximum absolute atomic E-state index is 11.9. The van der Waals surface area contributed by atoms with Crippen LogP contribution in [0.2, 0.25) is 0 Å². The Morgan fingerprint density at radius 3 is 2.30 bits per heavy atom. The zero-order chi connectivity index (χ0) is 16.7. The Balaban J connectivity index is 1.83. The van der Waals surface area contributed by atoms with Crippen molar-refractivity contribution in [2.24, 2.45) is 0 Å². The summed E-state index contributed by atoms with van der Waals surface area (Å²) in [4.78, 5) is 23.3. The van der Waals surface area contributed by atoms with Crippen LogP contribution in [0.5, 0.6) is 0 Å². The van der Waals surface area contributed by atoms with Crippen molar-refractivity contribution in [3.05, 3.63) is 71.3 Å². The molecule has 2 rings (SSSR count). The Morgan fingerprint density at radius 1 is 1.04 bits per heavy atom. The Morgan fingerprint density at radius 2 is 1.70 bits per heavy atom. The van der Waals surface area contributed by atoms with Gasteiger partial charge in [-0.2, -0.15) is 0 Å². The molecule has 2 N–H and O–H groups in total. The largest absolute Gasteiger partial charge is 0.465 e. The van der Waals surface area contributed by atoms with E-state index in [4.69, 9.17) is 0 Å². The summed E-state index contributed by atoms with van der Waals surface area (Å²) in [5, 5.41) is 5.68. The van der Waals surface area contributed by atoms with Crippen molar-refractivity contribution in [1.29, 1.82) is 0 Å². The van der Waals surface area contributed by atoms with E-state index in [0.717, 1.165) is 11.1 Å². The minimum Gasteiger partial charge on any atom is -0.465 e. The van der Waals surface area contributed by atoms with Crippen LogP contribution in [-0.4, -0.2) is 19.1 Å². The third kappa shape index (κ3) is 4.85. The van der Waals surface area contributed by atoms with E-state index < -0.39 is 0 Å². The zero-order valence-electron chi connectivity index (χ0n) is 13.2. The van der Waals surface area contributed by atoms with Gasteiger partial charge in [0.05, 0.1) is 18.7 Å². The molecule has 0 aliphatic carbocycles. The van der Waals surface area contributed by atoms with Crippen molar-refractivity contribution in [2.75, 3.05) is 7.11 Å². The highest BCUT2D eigenvalue weighted by atomic mass is 16.5. The van der Waals surface area contributed by atoms with Crippen molar-refractivity contribution in [1.82, 2.24) is 10.6 Å². The first kappa shape index (κ1) is 16.5. The van der Waals surface area contributed by atoms with Gasteiger partial charge >= 0.3 is 12.0 Å². The summed E-state index contributed by atoms with van der Waals surface area (Å²) in [7, 11) is 1.34. The van der Waals surface area contributed by atoms with Crippen LogP contribution in [0.3, 0.4) is 0 Å². The van der Waals surface area contributed by atoms with Crippen LogP contribution >= 0.6 is 0 Å². The van der Waals surface area contributed by atoms with Gasteiger partial charge in [0.15, 0.2) is 0 Å². The molecule has 23 heavy (non-hydrogen) atoms. The normalized spacial score (nSPS) is 11.4. The number of hydrogen-bond acceptors (Lipinski definition) is 3. The van der Waals surface area contributed by atoms with Crippen molar-refractivity contribution >= 4 is 12.0 Å². The molecular formula is C18H20N2O3. The summed E-state index contributed by atoms with van der Waals surface area (Å²) >= 11 is 0. The van der Waals surface area contributed by atoms with Crippen LogP contribution in [0.4, 0.5) is 4.79 Å². The number of benzene rings is 2. The molecule has 0 saturated heterocycles. The first-order valence-electron chi connectivity index (χ1n) is 7.36. The van der Waals surface area contributed by atoms with Crippen LogP contribution in [0.15, 0.2) is 54.6 Å². The average Bonchev–Trinajstić information content (AvgIpc) is 2.60. The van der Waals surface area contributed by atoms with Crippen LogP contribution in [0, 0.1) is 0 Å². The highest BCUT2D eigenvalue weighted by Crippen LogP contribution is 2.11. The standard InChI is InChI=1S/C18H20N2O3/c1-13(15-6-4-3-5-7-15)20-18(22)19-12-14-8-10-16(11-9-14)17(21)23-2/h3-11,13H,12H2,1-2H3,(H2,19,20,22). The second-order valence-corrected chi connectivity index (χ2v) is 5.15. The second-order valence-electron chi connectivity index (χ2n) is 5.15. The summed E-state index contributed by atoms with van der Waals surface area (Å²) < 4.78 is 4.64. The molecule has 0 spiro atoms. The van der Waals surface area contributed by atoms with Gasteiger partial charge in [0.2, 0.25) is 0 Å². The lowest BCUT2D eigenvalue weighted by molar-refractivity contribution is 0.0600. The Bertz CT molecular complexity index is 654. The summed E-state index contributed by atoms with van der Waals surface area (Å²) in [5.41, 5.74) is 2.43. The SMILES string of the molecule is COC(=O)c1ccc(CNC(=O)NC(C)c2ccccc2)cc1. The number of rotatable bonds is 5. The van der Waals surface area contributed by atoms with Crippen molar-refractivity contribution in [2.45, 2.75) is 19.5 Å². The smallest absolute Gasteiger partial charge is 0.337 e. The quantitative estimate of drug-likeness (QED) is 0.834. The van der Waals surface area contributed by atoms with Gasteiger partial charge in [0.1, 0.15) is 0 Å². The van der Waals surface area contributed by atoms with Crippen LogP contribution in [0.25, 0.3) is 0 Å². The number of nitrogens with one attached hydrogen (secondary N) is 2. The van der Waals surface area contributed by atoms with Crippen LogP contribution in [0.1, 0.15) is 34.5 Å². The van der Waals surface area contributed by atoms with Crippen molar-refractivity contribution in [3.8, 4) is 0 Å². The average molecular weight is 312 g/mol. The predicted molar refractivity (Wildman–Crippen MR) is 88.0 cm³/mol. The molecule has 120 valence electrons. The van der Waals surface area contributed by atoms with Crippen LogP contribution in [-0.2, 0) is 11.3 Å². The predicted octanol–water partition coefficient (Wildman–Crippen LogP) is 3.03. The second kappa shape index (κ2) is 7.98. The minimum absolute atomic E-state index is 0.0714. The molecule has 2 amide bonds. The molecule has 2 aromatic carbocycles. The molecule has 5 nitrogen and oxygen atoms in total. The maximum Gasteiger partial charge on any atom is 0.337 e. The molecule has 1 unspecified atom stereocenters. The van der Waals surface area contributed by atoms with Gasteiger partial charge in [-0.25, -0.2) is 9.59 Å². The molecular weight excluding hydrogens is 292 g/mol. The van der Waals surface area contributed by atoms with Gasteiger partial charge in [-0.05, 0) is 30.2 Å². The van der Waals surface area contributed by atoms with E-state index in [9.17, 15) is 9.59 Å². The topological polar surface area (TPSA) is 67.4 Å². The van der Waals surface area contributed by atoms with E-state index in [1.54, 1.807) is 24.3 Å². The summed E-state index contributed by atoms with van der Waals surface area (Å²) in [6, 6.07) is 16.4. The zero-order valence-corrected chi connectivity index (χ0v) is 13.2. The third-order valence-corrected chi connectivity index (χ3v) is 3.48. The van der Waals surface area contributed by atoms with Crippen molar-refractivity contribution < 1.29 is 14.3 Å². The fourth-order valence-electron chi connectivity index (χ4n) is 2.13. The lowest BCUT2D eigenvalue weighted by Gasteiger charge is -2.15. The fourth-order valence-corrected chi connectivity index (χ4v) is 2.13. The van der Waals surface area contributed by atoms with Crippen LogP contribution < -0.4 is 10.6 Å². The molecule has 0 aromatic heterocycles. The summed E-state index contributed by atoms with van der Waals surface area (Å²) in [6.07, 6.45) is 0. The number of urea groups is 1. The van der Waals surface area contributed by atoms with E-state index >= 15 is 0 Å². The molecule has 0 radical (unpaired) electrons. The number of hydrogen-bond donors (Lipinski definition) is 2. The molecule has 0 bridgehead atoms. The number of carbonyl (C=O) groups is 2.